The summed E-state index contributed by atoms with van der Waals surface area (Å²) in [6, 6.07) is 6.50. The fourth-order valence-electron chi connectivity index (χ4n) is 1.73. The monoisotopic (exact) mass is 206 g/mol. The Morgan fingerprint density at radius 3 is 2.33 bits per heavy atom. The van der Waals surface area contributed by atoms with Crippen LogP contribution in [0.25, 0.3) is 0 Å². The molecule has 0 aliphatic heterocycles. The van der Waals surface area contributed by atoms with Gasteiger partial charge in [-0.1, -0.05) is 20.3 Å². The Balaban J connectivity index is 2.78. The molecule has 0 saturated heterocycles. The van der Waals surface area contributed by atoms with Gasteiger partial charge in [-0.15, -0.1) is 0 Å². The molecule has 1 unspecified atom stereocenters. The first-order valence-electron chi connectivity index (χ1n) is 5.52. The fraction of sp³-hybridized carbons (Fsp3) is 0.462. The Kier molecular flexibility index (Phi) is 4.35. The van der Waals surface area contributed by atoms with Crippen LogP contribution in [-0.2, 0) is 0 Å². The Bertz CT molecular complexity index is 314. The van der Waals surface area contributed by atoms with Gasteiger partial charge < -0.3 is 5.11 Å². The first-order chi connectivity index (χ1) is 7.19. The lowest BCUT2D eigenvalue weighted by molar-refractivity contribution is 0.0909. The van der Waals surface area contributed by atoms with Crippen molar-refractivity contribution in [2.75, 3.05) is 0 Å². The van der Waals surface area contributed by atoms with Crippen LogP contribution in [0.5, 0.6) is 5.75 Å². The predicted octanol–water partition coefficient (Wildman–Crippen LogP) is 3.40. The Morgan fingerprint density at radius 2 is 1.87 bits per heavy atom. The Morgan fingerprint density at radius 1 is 1.27 bits per heavy atom. The van der Waals surface area contributed by atoms with Gasteiger partial charge in [0.2, 0.25) is 0 Å². The second kappa shape index (κ2) is 5.54. The first-order valence-corrected chi connectivity index (χ1v) is 5.52. The largest absolute Gasteiger partial charge is 0.508 e. The van der Waals surface area contributed by atoms with Gasteiger partial charge in [-0.2, -0.15) is 0 Å². The van der Waals surface area contributed by atoms with Crippen molar-refractivity contribution < 1.29 is 9.90 Å². The van der Waals surface area contributed by atoms with Gasteiger partial charge in [-0.05, 0) is 37.1 Å². The minimum atomic E-state index is 0.125. The minimum absolute atomic E-state index is 0.125. The molecule has 0 aromatic heterocycles. The van der Waals surface area contributed by atoms with E-state index in [9.17, 15) is 4.79 Å². The number of phenols is 1. The smallest absolute Gasteiger partial charge is 0.165 e. The molecule has 0 bridgehead atoms. The van der Waals surface area contributed by atoms with Crippen molar-refractivity contribution in [1.29, 1.82) is 0 Å². The van der Waals surface area contributed by atoms with Crippen molar-refractivity contribution in [3.05, 3.63) is 29.8 Å². The second-order valence-electron chi connectivity index (χ2n) is 3.80. The molecule has 0 radical (unpaired) electrons. The van der Waals surface area contributed by atoms with Crippen LogP contribution in [0.4, 0.5) is 0 Å². The maximum Gasteiger partial charge on any atom is 0.165 e. The van der Waals surface area contributed by atoms with Gasteiger partial charge in [0.05, 0.1) is 0 Å². The van der Waals surface area contributed by atoms with E-state index in [0.29, 0.717) is 5.56 Å². The molecule has 0 aliphatic carbocycles. The number of Topliss-reactive ketones (excluding diaryl/α,β-unsaturated/α-hetero) is 1. The zero-order valence-corrected chi connectivity index (χ0v) is 9.36. The van der Waals surface area contributed by atoms with Crippen LogP contribution >= 0.6 is 0 Å². The Hall–Kier alpha value is -1.31. The molecule has 82 valence electrons. The summed E-state index contributed by atoms with van der Waals surface area (Å²) in [5.74, 6) is 0.522. The summed E-state index contributed by atoms with van der Waals surface area (Å²) < 4.78 is 0. The van der Waals surface area contributed by atoms with E-state index in [4.69, 9.17) is 5.11 Å². The summed E-state index contributed by atoms with van der Waals surface area (Å²) in [7, 11) is 0. The van der Waals surface area contributed by atoms with Gasteiger partial charge in [0.1, 0.15) is 5.75 Å². The highest BCUT2D eigenvalue weighted by Gasteiger charge is 2.16. The molecule has 15 heavy (non-hydrogen) atoms. The van der Waals surface area contributed by atoms with Crippen molar-refractivity contribution >= 4 is 5.78 Å². The van der Waals surface area contributed by atoms with E-state index in [0.717, 1.165) is 19.3 Å². The first kappa shape index (κ1) is 11.8. The standard InChI is InChI=1S/C13H18O2/c1-3-5-10(4-2)13(15)11-6-8-12(14)9-7-11/h6-10,14H,3-5H2,1-2H3. The van der Waals surface area contributed by atoms with Crippen LogP contribution in [0.15, 0.2) is 24.3 Å². The zero-order chi connectivity index (χ0) is 11.3. The van der Waals surface area contributed by atoms with E-state index in [1.165, 1.54) is 0 Å². The number of phenolic OH excluding ortho intramolecular Hbond substituents is 1. The molecular weight excluding hydrogens is 188 g/mol. The zero-order valence-electron chi connectivity index (χ0n) is 9.36. The number of hydrogen-bond acceptors (Lipinski definition) is 2. The Labute approximate surface area is 90.9 Å². The SMILES string of the molecule is CCCC(CC)C(=O)c1ccc(O)cc1. The third-order valence-corrected chi connectivity index (χ3v) is 2.65. The average molecular weight is 206 g/mol. The van der Waals surface area contributed by atoms with Gasteiger partial charge in [0.25, 0.3) is 0 Å². The number of rotatable bonds is 5. The van der Waals surface area contributed by atoms with Gasteiger partial charge >= 0.3 is 0 Å². The maximum absolute atomic E-state index is 12.0. The molecule has 1 N–H and O–H groups in total. The molecule has 1 rings (SSSR count). The van der Waals surface area contributed by atoms with E-state index in [-0.39, 0.29) is 17.5 Å². The van der Waals surface area contributed by atoms with E-state index in [1.807, 2.05) is 6.92 Å². The highest BCUT2D eigenvalue weighted by molar-refractivity contribution is 5.97. The topological polar surface area (TPSA) is 37.3 Å². The lowest BCUT2D eigenvalue weighted by atomic mass is 9.91. The predicted molar refractivity (Wildman–Crippen MR) is 61.1 cm³/mol. The summed E-state index contributed by atoms with van der Waals surface area (Å²) in [4.78, 5) is 12.0. The quantitative estimate of drug-likeness (QED) is 0.750. The second-order valence-corrected chi connectivity index (χ2v) is 3.80. The van der Waals surface area contributed by atoms with Crippen molar-refractivity contribution in [1.82, 2.24) is 0 Å². The average Bonchev–Trinajstić information content (AvgIpc) is 2.26. The van der Waals surface area contributed by atoms with Gasteiger partial charge in [0.15, 0.2) is 5.78 Å². The molecular formula is C13H18O2. The third-order valence-electron chi connectivity index (χ3n) is 2.65. The summed E-state index contributed by atoms with van der Waals surface area (Å²) in [5.41, 5.74) is 0.702. The van der Waals surface area contributed by atoms with Crippen molar-refractivity contribution in [2.45, 2.75) is 33.1 Å². The highest BCUT2D eigenvalue weighted by atomic mass is 16.3. The number of benzene rings is 1. The number of ketones is 1. The van der Waals surface area contributed by atoms with Crippen LogP contribution in [0.2, 0.25) is 0 Å². The van der Waals surface area contributed by atoms with Crippen molar-refractivity contribution in [3.63, 3.8) is 0 Å². The summed E-state index contributed by atoms with van der Waals surface area (Å²) in [6.45, 7) is 4.13. The normalized spacial score (nSPS) is 12.4. The molecule has 1 atom stereocenters. The third kappa shape index (κ3) is 3.08. The molecule has 0 saturated carbocycles. The van der Waals surface area contributed by atoms with Gasteiger partial charge in [0, 0.05) is 11.5 Å². The molecule has 0 spiro atoms. The molecule has 0 amide bonds. The molecule has 0 aliphatic rings. The lowest BCUT2D eigenvalue weighted by Crippen LogP contribution is -2.13. The molecule has 1 aromatic rings. The number of carbonyl (C=O) groups excluding carboxylic acids is 1. The molecule has 0 fully saturated rings. The summed E-state index contributed by atoms with van der Waals surface area (Å²) in [6.07, 6.45) is 2.85. The van der Waals surface area contributed by atoms with E-state index in [1.54, 1.807) is 24.3 Å². The molecule has 1 aromatic carbocycles. The van der Waals surface area contributed by atoms with Crippen molar-refractivity contribution in [2.24, 2.45) is 5.92 Å². The maximum atomic E-state index is 12.0. The summed E-state index contributed by atoms with van der Waals surface area (Å²) >= 11 is 0. The van der Waals surface area contributed by atoms with E-state index < -0.39 is 0 Å². The van der Waals surface area contributed by atoms with E-state index >= 15 is 0 Å². The number of hydrogen-bond donors (Lipinski definition) is 1. The van der Waals surface area contributed by atoms with Crippen LogP contribution < -0.4 is 0 Å². The minimum Gasteiger partial charge on any atom is -0.508 e. The van der Waals surface area contributed by atoms with Crippen LogP contribution in [0, 0.1) is 5.92 Å². The number of aromatic hydroxyl groups is 1. The molecule has 2 heteroatoms. The van der Waals surface area contributed by atoms with Crippen molar-refractivity contribution in [3.8, 4) is 5.75 Å². The van der Waals surface area contributed by atoms with Gasteiger partial charge in [-0.3, -0.25) is 4.79 Å². The van der Waals surface area contributed by atoms with Gasteiger partial charge in [-0.25, -0.2) is 0 Å². The molecule has 2 nitrogen and oxygen atoms in total. The molecule has 0 heterocycles. The van der Waals surface area contributed by atoms with Crippen LogP contribution in [0.1, 0.15) is 43.5 Å². The lowest BCUT2D eigenvalue weighted by Gasteiger charge is -2.12. The summed E-state index contributed by atoms with van der Waals surface area (Å²) in [5, 5.41) is 9.13. The highest BCUT2D eigenvalue weighted by Crippen LogP contribution is 2.19. The number of carbonyl (C=O) groups is 1. The van der Waals surface area contributed by atoms with E-state index in [2.05, 4.69) is 6.92 Å². The van der Waals surface area contributed by atoms with Crippen LogP contribution in [0.3, 0.4) is 0 Å². The fourth-order valence-corrected chi connectivity index (χ4v) is 1.73. The van der Waals surface area contributed by atoms with Crippen LogP contribution in [-0.4, -0.2) is 10.9 Å².